The molecule has 2 aliphatic rings. The summed E-state index contributed by atoms with van der Waals surface area (Å²) >= 11 is 0. The summed E-state index contributed by atoms with van der Waals surface area (Å²) in [5.41, 5.74) is 2.54. The molecule has 180 valence electrons. The van der Waals surface area contributed by atoms with Crippen molar-refractivity contribution in [3.8, 4) is 11.5 Å². The van der Waals surface area contributed by atoms with Crippen LogP contribution in [0.1, 0.15) is 24.8 Å². The Balaban J connectivity index is 1.31. The Morgan fingerprint density at radius 1 is 0.971 bits per heavy atom. The van der Waals surface area contributed by atoms with E-state index in [9.17, 15) is 14.4 Å². The zero-order valence-corrected chi connectivity index (χ0v) is 19.9. The largest absolute Gasteiger partial charge is 0.497 e. The minimum Gasteiger partial charge on any atom is -0.497 e. The highest BCUT2D eigenvalue weighted by atomic mass is 16.5. The maximum Gasteiger partial charge on any atom is 0.228 e. The third kappa shape index (κ3) is 5.00. The van der Waals surface area contributed by atoms with Gasteiger partial charge in [-0.3, -0.25) is 14.4 Å². The average Bonchev–Trinajstić information content (AvgIpc) is 3.25. The van der Waals surface area contributed by atoms with E-state index in [1.54, 1.807) is 42.2 Å². The maximum absolute atomic E-state index is 13.1. The zero-order valence-electron chi connectivity index (χ0n) is 19.9. The van der Waals surface area contributed by atoms with Gasteiger partial charge in [0.2, 0.25) is 17.7 Å². The molecule has 4 rings (SSSR count). The van der Waals surface area contributed by atoms with E-state index in [0.29, 0.717) is 49.7 Å². The van der Waals surface area contributed by atoms with Crippen LogP contribution in [0.25, 0.3) is 0 Å². The van der Waals surface area contributed by atoms with Crippen molar-refractivity contribution in [3.05, 3.63) is 48.0 Å². The van der Waals surface area contributed by atoms with E-state index in [4.69, 9.17) is 9.47 Å². The number of rotatable bonds is 6. The number of hydrogen-bond acceptors (Lipinski definition) is 5. The number of ether oxygens (including phenoxy) is 2. The van der Waals surface area contributed by atoms with Gasteiger partial charge in [-0.1, -0.05) is 17.7 Å². The summed E-state index contributed by atoms with van der Waals surface area (Å²) in [7, 11) is 3.12. The summed E-state index contributed by atoms with van der Waals surface area (Å²) in [5, 5.41) is 2.94. The van der Waals surface area contributed by atoms with E-state index < -0.39 is 0 Å². The lowest BCUT2D eigenvalue weighted by Crippen LogP contribution is -2.44. The lowest BCUT2D eigenvalue weighted by molar-refractivity contribution is -0.138. The minimum absolute atomic E-state index is 0.00126. The molecule has 2 aliphatic heterocycles. The highest BCUT2D eigenvalue weighted by Gasteiger charge is 2.38. The quantitative estimate of drug-likeness (QED) is 0.708. The fraction of sp³-hybridized carbons (Fsp3) is 0.423. The summed E-state index contributed by atoms with van der Waals surface area (Å²) in [6.45, 7) is 3.41. The number of carbonyl (C=O) groups excluding carboxylic acids is 3. The molecule has 0 saturated carbocycles. The molecular formula is C26H31N3O5. The van der Waals surface area contributed by atoms with Crippen molar-refractivity contribution in [2.75, 3.05) is 44.1 Å². The highest BCUT2D eigenvalue weighted by molar-refractivity contribution is 6.00. The van der Waals surface area contributed by atoms with E-state index in [2.05, 4.69) is 5.32 Å². The number of piperidine rings is 1. The molecule has 1 atom stereocenters. The molecule has 34 heavy (non-hydrogen) atoms. The van der Waals surface area contributed by atoms with Gasteiger partial charge < -0.3 is 24.6 Å². The fourth-order valence-electron chi connectivity index (χ4n) is 4.60. The highest BCUT2D eigenvalue weighted by Crippen LogP contribution is 2.31. The monoisotopic (exact) mass is 465 g/mol. The third-order valence-corrected chi connectivity index (χ3v) is 6.66. The Bertz CT molecular complexity index is 1060. The average molecular weight is 466 g/mol. The second kappa shape index (κ2) is 10.2. The summed E-state index contributed by atoms with van der Waals surface area (Å²) in [6, 6.07) is 13.0. The Kier molecular flexibility index (Phi) is 7.05. The molecule has 2 aromatic rings. The fourth-order valence-corrected chi connectivity index (χ4v) is 4.60. The van der Waals surface area contributed by atoms with E-state index >= 15 is 0 Å². The van der Waals surface area contributed by atoms with Crippen LogP contribution in [0.5, 0.6) is 11.5 Å². The van der Waals surface area contributed by atoms with Crippen molar-refractivity contribution in [2.45, 2.75) is 26.2 Å². The van der Waals surface area contributed by atoms with Crippen molar-refractivity contribution in [1.82, 2.24) is 4.90 Å². The number of nitrogens with zero attached hydrogens (tertiary/aromatic N) is 2. The summed E-state index contributed by atoms with van der Waals surface area (Å²) in [4.78, 5) is 42.0. The van der Waals surface area contributed by atoms with Gasteiger partial charge in [-0.05, 0) is 44.0 Å². The molecule has 8 heteroatoms. The first-order valence-electron chi connectivity index (χ1n) is 11.6. The number of benzene rings is 2. The number of carbonyl (C=O) groups is 3. The number of aryl methyl sites for hydroxylation is 1. The molecule has 8 nitrogen and oxygen atoms in total. The van der Waals surface area contributed by atoms with Crippen LogP contribution in [0.15, 0.2) is 42.5 Å². The van der Waals surface area contributed by atoms with E-state index in [1.807, 2.05) is 31.2 Å². The van der Waals surface area contributed by atoms with Gasteiger partial charge in [0.1, 0.15) is 11.5 Å². The predicted molar refractivity (Wildman–Crippen MR) is 129 cm³/mol. The molecule has 0 unspecified atom stereocenters. The molecular weight excluding hydrogens is 434 g/mol. The van der Waals surface area contributed by atoms with Crippen molar-refractivity contribution in [2.24, 2.45) is 11.8 Å². The van der Waals surface area contributed by atoms with Gasteiger partial charge in [0.25, 0.3) is 0 Å². The minimum atomic E-state index is -0.345. The van der Waals surface area contributed by atoms with E-state index in [-0.39, 0.29) is 36.0 Å². The molecule has 3 amide bonds. The first-order valence-corrected chi connectivity index (χ1v) is 11.6. The van der Waals surface area contributed by atoms with Crippen LogP contribution in [-0.2, 0) is 14.4 Å². The van der Waals surface area contributed by atoms with Crippen LogP contribution in [-0.4, -0.2) is 56.5 Å². The SMILES string of the molecule is COc1ccc(NC(=O)C2CCN(C(=O)[C@H]3CC(=O)N(c4ccc(C)cc4)C3)CC2)c(OC)c1. The zero-order chi connectivity index (χ0) is 24.2. The van der Waals surface area contributed by atoms with Gasteiger partial charge in [-0.15, -0.1) is 0 Å². The maximum atomic E-state index is 13.1. The van der Waals surface area contributed by atoms with Gasteiger partial charge in [0, 0.05) is 43.7 Å². The number of amides is 3. The van der Waals surface area contributed by atoms with Crippen molar-refractivity contribution in [1.29, 1.82) is 0 Å². The number of nitrogens with one attached hydrogen (secondary N) is 1. The standard InChI is InChI=1S/C26H31N3O5/c1-17-4-6-20(7-5-17)29-16-19(14-24(29)30)26(32)28-12-10-18(11-13-28)25(31)27-22-9-8-21(33-2)15-23(22)34-3/h4-9,15,18-19H,10-14,16H2,1-3H3,(H,27,31)/t19-/m0/s1. The number of likely N-dealkylation sites (tertiary alicyclic amines) is 1. The van der Waals surface area contributed by atoms with Crippen molar-refractivity contribution in [3.63, 3.8) is 0 Å². The molecule has 0 aromatic heterocycles. The first-order chi connectivity index (χ1) is 16.4. The normalized spacial score (nSPS) is 18.7. The topological polar surface area (TPSA) is 88.2 Å². The van der Waals surface area contributed by atoms with Gasteiger partial charge in [-0.2, -0.15) is 0 Å². The van der Waals surface area contributed by atoms with Gasteiger partial charge in [0.15, 0.2) is 0 Å². The summed E-state index contributed by atoms with van der Waals surface area (Å²) in [6.07, 6.45) is 1.39. The molecule has 1 N–H and O–H groups in total. The Morgan fingerprint density at radius 2 is 1.68 bits per heavy atom. The van der Waals surface area contributed by atoms with E-state index in [0.717, 1.165) is 11.3 Å². The third-order valence-electron chi connectivity index (χ3n) is 6.66. The molecule has 0 aliphatic carbocycles. The number of methoxy groups -OCH3 is 2. The summed E-state index contributed by atoms with van der Waals surface area (Å²) in [5.74, 6) is 0.533. The molecule has 0 radical (unpaired) electrons. The molecule has 0 spiro atoms. The van der Waals surface area contributed by atoms with Gasteiger partial charge in [-0.25, -0.2) is 0 Å². The van der Waals surface area contributed by atoms with Crippen molar-refractivity contribution < 1.29 is 23.9 Å². The lowest BCUT2D eigenvalue weighted by Gasteiger charge is -2.33. The molecule has 0 bridgehead atoms. The molecule has 2 heterocycles. The molecule has 2 saturated heterocycles. The van der Waals surface area contributed by atoms with Gasteiger partial charge >= 0.3 is 0 Å². The number of anilines is 2. The van der Waals surface area contributed by atoms with E-state index in [1.165, 1.54) is 0 Å². The Hall–Kier alpha value is -3.55. The van der Waals surface area contributed by atoms with Crippen LogP contribution < -0.4 is 19.7 Å². The van der Waals surface area contributed by atoms with Crippen LogP contribution in [0.2, 0.25) is 0 Å². The van der Waals surface area contributed by atoms with Gasteiger partial charge in [0.05, 0.1) is 25.8 Å². The summed E-state index contributed by atoms with van der Waals surface area (Å²) < 4.78 is 10.6. The van der Waals surface area contributed by atoms with Crippen LogP contribution >= 0.6 is 0 Å². The predicted octanol–water partition coefficient (Wildman–Crippen LogP) is 3.24. The first kappa shape index (κ1) is 23.6. The Morgan fingerprint density at radius 3 is 2.32 bits per heavy atom. The van der Waals surface area contributed by atoms with Crippen LogP contribution in [0, 0.1) is 18.8 Å². The number of hydrogen-bond donors (Lipinski definition) is 1. The Labute approximate surface area is 199 Å². The molecule has 2 fully saturated rings. The van der Waals surface area contributed by atoms with Crippen LogP contribution in [0.3, 0.4) is 0 Å². The van der Waals surface area contributed by atoms with Crippen LogP contribution in [0.4, 0.5) is 11.4 Å². The van der Waals surface area contributed by atoms with Crippen molar-refractivity contribution >= 4 is 29.1 Å². The molecule has 2 aromatic carbocycles. The second-order valence-corrected chi connectivity index (χ2v) is 8.90. The second-order valence-electron chi connectivity index (χ2n) is 8.90. The lowest BCUT2D eigenvalue weighted by atomic mass is 9.94. The smallest absolute Gasteiger partial charge is 0.228 e.